The zero-order valence-electron chi connectivity index (χ0n) is 19.7. The summed E-state index contributed by atoms with van der Waals surface area (Å²) in [6.45, 7) is 6.67. The standard InChI is InChI=1S/C24H40O5.Na.H2O/c1-13(4-7-21(28)29)16-5-6-17-22-18(12-20(27)24(16,17)3)23(2)9-8-15(25)10-14(23)11-19(22)26;;/h13-20,22,25-27H,4-12H2,1-3H3,(H,28,29);;1H2/q;+1;/p-1/t13-,14?,15-,16?,17?,18?,19-,20+,22?,23+,24-;;/m1../s1. The number of aliphatic hydroxyl groups excluding tert-OH is 3. The summed E-state index contributed by atoms with van der Waals surface area (Å²) in [5.74, 6) is 0.635. The predicted molar refractivity (Wildman–Crippen MR) is 111 cm³/mol. The van der Waals surface area contributed by atoms with Gasteiger partial charge in [0.05, 0.1) is 18.3 Å². The van der Waals surface area contributed by atoms with Crippen molar-refractivity contribution in [2.75, 3.05) is 0 Å². The van der Waals surface area contributed by atoms with E-state index in [2.05, 4.69) is 20.8 Å². The predicted octanol–water partition coefficient (Wildman–Crippen LogP) is -1.71. The maximum absolute atomic E-state index is 11.5. The Labute approximate surface area is 208 Å². The zero-order valence-corrected chi connectivity index (χ0v) is 21.7. The molecule has 0 radical (unpaired) electrons. The summed E-state index contributed by atoms with van der Waals surface area (Å²) in [5, 5.41) is 43.9. The Balaban J connectivity index is 0.00000171. The van der Waals surface area contributed by atoms with Gasteiger partial charge in [-0.2, -0.15) is 0 Å². The molecule has 4 rings (SSSR count). The van der Waals surface area contributed by atoms with Gasteiger partial charge in [0, 0.05) is 5.97 Å². The van der Waals surface area contributed by atoms with Gasteiger partial charge in [0.2, 0.25) is 0 Å². The van der Waals surface area contributed by atoms with Crippen LogP contribution >= 0.6 is 0 Å². The molecule has 7 heteroatoms. The number of carboxylic acid groups (broad SMARTS) is 1. The van der Waals surface area contributed by atoms with Gasteiger partial charge < -0.3 is 30.7 Å². The monoisotopic (exact) mass is 448 g/mol. The smallest absolute Gasteiger partial charge is 0.550 e. The minimum absolute atomic E-state index is 0. The number of aliphatic hydroxyl groups is 3. The molecule has 0 aliphatic heterocycles. The van der Waals surface area contributed by atoms with Crippen molar-refractivity contribution in [1.82, 2.24) is 0 Å². The molecule has 5 N–H and O–H groups in total. The molecule has 0 saturated heterocycles. The minimum Gasteiger partial charge on any atom is -0.550 e. The van der Waals surface area contributed by atoms with Gasteiger partial charge in [-0.1, -0.05) is 20.8 Å². The van der Waals surface area contributed by atoms with Crippen LogP contribution in [-0.4, -0.2) is 45.1 Å². The molecule has 0 aromatic carbocycles. The number of hydrogen-bond acceptors (Lipinski definition) is 5. The average Bonchev–Trinajstić information content (AvgIpc) is 3.01. The van der Waals surface area contributed by atoms with E-state index < -0.39 is 12.1 Å². The second kappa shape index (κ2) is 9.89. The molecule has 4 fully saturated rings. The SMILES string of the molecule is C[C@H](CCC(=O)[O-])C1CCC2C3C(C[C@H](O)[C@@]21C)[C@@]1(C)CC[C@@H](O)CC1C[C@H]3O.O.[Na+]. The molecule has 174 valence electrons. The third-order valence-corrected chi connectivity index (χ3v) is 10.3. The number of hydrogen-bond donors (Lipinski definition) is 3. The third kappa shape index (κ3) is 4.40. The van der Waals surface area contributed by atoms with E-state index in [1.54, 1.807) is 0 Å². The molecule has 31 heavy (non-hydrogen) atoms. The molecule has 0 aromatic heterocycles. The summed E-state index contributed by atoms with van der Waals surface area (Å²) >= 11 is 0. The summed E-state index contributed by atoms with van der Waals surface area (Å²) in [7, 11) is 0. The van der Waals surface area contributed by atoms with Gasteiger partial charge in [-0.05, 0) is 104 Å². The van der Waals surface area contributed by atoms with Crippen molar-refractivity contribution in [2.45, 2.75) is 96.9 Å². The van der Waals surface area contributed by atoms with Crippen LogP contribution in [0.3, 0.4) is 0 Å². The summed E-state index contributed by atoms with van der Waals surface area (Å²) in [5.41, 5.74) is -0.172. The summed E-state index contributed by atoms with van der Waals surface area (Å²) < 4.78 is 0. The van der Waals surface area contributed by atoms with Gasteiger partial charge in [-0.15, -0.1) is 0 Å². The van der Waals surface area contributed by atoms with Gasteiger partial charge in [0.25, 0.3) is 0 Å². The fraction of sp³-hybridized carbons (Fsp3) is 0.958. The van der Waals surface area contributed by atoms with Crippen LogP contribution in [0.15, 0.2) is 0 Å². The first kappa shape index (κ1) is 27.6. The Bertz CT molecular complexity index is 646. The van der Waals surface area contributed by atoms with Gasteiger partial charge in [0.15, 0.2) is 0 Å². The molecule has 0 heterocycles. The van der Waals surface area contributed by atoms with Crippen molar-refractivity contribution in [3.05, 3.63) is 0 Å². The van der Waals surface area contributed by atoms with Crippen LogP contribution in [0.5, 0.6) is 0 Å². The number of carbonyl (C=O) groups is 1. The molecule has 0 spiro atoms. The fourth-order valence-corrected chi connectivity index (χ4v) is 8.68. The fourth-order valence-electron chi connectivity index (χ4n) is 8.68. The van der Waals surface area contributed by atoms with Crippen molar-refractivity contribution < 1.29 is 60.3 Å². The maximum Gasteiger partial charge on any atom is 1.00 e. The molecule has 11 atom stereocenters. The molecule has 0 bridgehead atoms. The Morgan fingerprint density at radius 2 is 1.74 bits per heavy atom. The number of rotatable bonds is 4. The zero-order chi connectivity index (χ0) is 21.1. The number of carboxylic acids is 1. The quantitative estimate of drug-likeness (QED) is 0.441. The second-order valence-electron chi connectivity index (χ2n) is 11.4. The average molecular weight is 449 g/mol. The Hall–Kier alpha value is 0.310. The molecular formula is C24H41NaO6. The molecule has 5 unspecified atom stereocenters. The molecule has 0 aromatic rings. The number of fused-ring (bicyclic) bond motifs is 5. The molecule has 0 amide bonds. The topological polar surface area (TPSA) is 132 Å². The van der Waals surface area contributed by atoms with E-state index in [0.717, 1.165) is 44.9 Å². The van der Waals surface area contributed by atoms with E-state index in [9.17, 15) is 25.2 Å². The first-order valence-electron chi connectivity index (χ1n) is 11.8. The Morgan fingerprint density at radius 1 is 1.06 bits per heavy atom. The van der Waals surface area contributed by atoms with Gasteiger partial charge in [0.1, 0.15) is 0 Å². The molecule has 4 saturated carbocycles. The van der Waals surface area contributed by atoms with Crippen LogP contribution in [0.25, 0.3) is 0 Å². The number of aliphatic carboxylic acids is 1. The van der Waals surface area contributed by atoms with Crippen molar-refractivity contribution in [1.29, 1.82) is 0 Å². The Kier molecular flexibility index (Phi) is 8.79. The molecule has 4 aliphatic rings. The van der Waals surface area contributed by atoms with Crippen LogP contribution in [0.2, 0.25) is 0 Å². The van der Waals surface area contributed by atoms with E-state index in [1.165, 1.54) is 0 Å². The van der Waals surface area contributed by atoms with E-state index in [0.29, 0.717) is 18.3 Å². The van der Waals surface area contributed by atoms with E-state index in [1.807, 2.05) is 0 Å². The first-order chi connectivity index (χ1) is 13.6. The third-order valence-electron chi connectivity index (χ3n) is 10.3. The van der Waals surface area contributed by atoms with E-state index >= 15 is 0 Å². The summed E-state index contributed by atoms with van der Waals surface area (Å²) in [6, 6.07) is 0. The van der Waals surface area contributed by atoms with Crippen molar-refractivity contribution in [3.8, 4) is 0 Å². The normalized spacial score (nSPS) is 49.5. The summed E-state index contributed by atoms with van der Waals surface area (Å²) in [6.07, 6.45) is 5.72. The van der Waals surface area contributed by atoms with E-state index in [-0.39, 0.29) is 88.2 Å². The molecule has 6 nitrogen and oxygen atoms in total. The first-order valence-corrected chi connectivity index (χ1v) is 11.8. The van der Waals surface area contributed by atoms with Crippen molar-refractivity contribution in [3.63, 3.8) is 0 Å². The van der Waals surface area contributed by atoms with Crippen LogP contribution in [-0.2, 0) is 4.79 Å². The molecule has 4 aliphatic carbocycles. The second-order valence-corrected chi connectivity index (χ2v) is 11.4. The van der Waals surface area contributed by atoms with Crippen LogP contribution in [0.4, 0.5) is 0 Å². The summed E-state index contributed by atoms with van der Waals surface area (Å²) in [4.78, 5) is 11.0. The van der Waals surface area contributed by atoms with Crippen LogP contribution < -0.4 is 34.7 Å². The van der Waals surface area contributed by atoms with Gasteiger partial charge in [-0.3, -0.25) is 0 Å². The van der Waals surface area contributed by atoms with Gasteiger partial charge in [-0.25, -0.2) is 0 Å². The molecular weight excluding hydrogens is 407 g/mol. The maximum atomic E-state index is 11.5. The van der Waals surface area contributed by atoms with Crippen molar-refractivity contribution in [2.24, 2.45) is 46.3 Å². The van der Waals surface area contributed by atoms with Crippen molar-refractivity contribution >= 4 is 5.97 Å². The van der Waals surface area contributed by atoms with Crippen LogP contribution in [0.1, 0.15) is 78.6 Å². The van der Waals surface area contributed by atoms with Gasteiger partial charge >= 0.3 is 29.6 Å². The number of carbonyl (C=O) groups excluding carboxylic acids is 1. The largest absolute Gasteiger partial charge is 1.00 e. The van der Waals surface area contributed by atoms with Crippen LogP contribution in [0, 0.1) is 46.3 Å². The Morgan fingerprint density at radius 3 is 2.39 bits per heavy atom. The van der Waals surface area contributed by atoms with E-state index in [4.69, 9.17) is 0 Å². The minimum atomic E-state index is -0.998.